The molecule has 0 amide bonds. The molecule has 0 aromatic heterocycles. The monoisotopic (exact) mass is 435 g/mol. The Morgan fingerprint density at radius 1 is 1.19 bits per heavy atom. The summed E-state index contributed by atoms with van der Waals surface area (Å²) in [5.74, 6) is 0.163. The molecule has 0 fully saturated rings. The number of cyclic esters (lactones) is 1. The van der Waals surface area contributed by atoms with Gasteiger partial charge in [-0.3, -0.25) is 4.90 Å². The molecule has 7 nitrogen and oxygen atoms in total. The lowest BCUT2D eigenvalue weighted by Crippen LogP contribution is -2.39. The quantitative estimate of drug-likeness (QED) is 0.434. The molecule has 4 rings (SSSR count). The van der Waals surface area contributed by atoms with Gasteiger partial charge < -0.3 is 20.7 Å². The second kappa shape index (κ2) is 9.65. The van der Waals surface area contributed by atoms with E-state index >= 15 is 0 Å². The van der Waals surface area contributed by atoms with Crippen LogP contribution >= 0.6 is 0 Å². The lowest BCUT2D eigenvalue weighted by Gasteiger charge is -2.29. The summed E-state index contributed by atoms with van der Waals surface area (Å²) in [5, 5.41) is 20.2. The number of aliphatic hydroxyl groups is 2. The summed E-state index contributed by atoms with van der Waals surface area (Å²) in [6, 6.07) is 11.6. The van der Waals surface area contributed by atoms with E-state index in [9.17, 15) is 15.0 Å². The summed E-state index contributed by atoms with van der Waals surface area (Å²) >= 11 is 0. The predicted octanol–water partition coefficient (Wildman–Crippen LogP) is 3.21. The Hall–Kier alpha value is -3.00. The largest absolute Gasteiger partial charge is 0.457 e. The Labute approximate surface area is 187 Å². The van der Waals surface area contributed by atoms with E-state index in [-0.39, 0.29) is 12.6 Å². The molecule has 0 spiro atoms. The van der Waals surface area contributed by atoms with Crippen molar-refractivity contribution in [2.24, 2.45) is 10.7 Å². The number of esters is 1. The molecule has 0 saturated heterocycles. The standard InChI is InChI=1S/C25H29N3O4/c1-2-8-28(9-3-10-29)24(30)19-12-18-5-4-17(13-22(18)27-23(26)14-19)16-6-7-21-20(11-16)15-32-25(21)31/h4-7,11-13,24,29-30H,2-3,8-10,14-15H2,1H3,(H2,26,27). The number of ether oxygens (including phenoxy) is 1. The van der Waals surface area contributed by atoms with E-state index in [2.05, 4.69) is 11.9 Å². The number of amidine groups is 1. The molecule has 2 aromatic rings. The number of carbonyl (C=O) groups is 1. The maximum absolute atomic E-state index is 11.7. The highest BCUT2D eigenvalue weighted by molar-refractivity contribution is 5.94. The zero-order valence-electron chi connectivity index (χ0n) is 18.3. The molecule has 1 atom stereocenters. The van der Waals surface area contributed by atoms with E-state index in [1.54, 1.807) is 6.07 Å². The number of fused-ring (bicyclic) bond motifs is 2. The number of carbonyl (C=O) groups excluding carboxylic acids is 1. The van der Waals surface area contributed by atoms with Crippen molar-refractivity contribution in [2.75, 3.05) is 19.7 Å². The van der Waals surface area contributed by atoms with Gasteiger partial charge in [-0.05, 0) is 53.8 Å². The first-order chi connectivity index (χ1) is 15.5. The van der Waals surface area contributed by atoms with Crippen LogP contribution < -0.4 is 5.73 Å². The summed E-state index contributed by atoms with van der Waals surface area (Å²) in [6.45, 7) is 3.78. The highest BCUT2D eigenvalue weighted by Gasteiger charge is 2.23. The predicted molar refractivity (Wildman–Crippen MR) is 124 cm³/mol. The highest BCUT2D eigenvalue weighted by Crippen LogP contribution is 2.34. The van der Waals surface area contributed by atoms with Crippen LogP contribution in [0.4, 0.5) is 5.69 Å². The SMILES string of the molecule is CCCN(CCCO)C(O)C1=Cc2ccc(-c3ccc4c(c3)COC4=O)cc2N=C(N)C1. The molecule has 0 aliphatic carbocycles. The van der Waals surface area contributed by atoms with Gasteiger partial charge in [-0.2, -0.15) is 0 Å². The van der Waals surface area contributed by atoms with Crippen molar-refractivity contribution >= 4 is 23.6 Å². The van der Waals surface area contributed by atoms with Gasteiger partial charge in [-0.25, -0.2) is 9.79 Å². The topological polar surface area (TPSA) is 108 Å². The maximum Gasteiger partial charge on any atom is 0.338 e. The van der Waals surface area contributed by atoms with Gasteiger partial charge in [-0.15, -0.1) is 0 Å². The number of nitrogens with zero attached hydrogens (tertiary/aromatic N) is 2. The number of aliphatic hydroxyl groups excluding tert-OH is 2. The Bertz CT molecular complexity index is 1080. The summed E-state index contributed by atoms with van der Waals surface area (Å²) in [5.41, 5.74) is 12.1. The molecular formula is C25H29N3O4. The number of rotatable bonds is 8. The fraction of sp³-hybridized carbons (Fsp3) is 0.360. The van der Waals surface area contributed by atoms with Crippen LogP contribution in [0.25, 0.3) is 17.2 Å². The highest BCUT2D eigenvalue weighted by atomic mass is 16.5. The Morgan fingerprint density at radius 2 is 1.97 bits per heavy atom. The third-order valence-corrected chi connectivity index (χ3v) is 5.83. The van der Waals surface area contributed by atoms with E-state index in [1.807, 2.05) is 41.3 Å². The first-order valence-electron chi connectivity index (χ1n) is 11.0. The maximum atomic E-state index is 11.7. The minimum atomic E-state index is -0.782. The molecular weight excluding hydrogens is 406 g/mol. The van der Waals surface area contributed by atoms with Crippen molar-refractivity contribution < 1.29 is 19.7 Å². The second-order valence-electron chi connectivity index (χ2n) is 8.21. The van der Waals surface area contributed by atoms with E-state index < -0.39 is 6.23 Å². The van der Waals surface area contributed by atoms with Gasteiger partial charge in [0.05, 0.1) is 11.3 Å². The molecule has 2 aliphatic heterocycles. The molecule has 0 bridgehead atoms. The molecule has 2 heterocycles. The van der Waals surface area contributed by atoms with Crippen molar-refractivity contribution in [3.05, 3.63) is 58.7 Å². The van der Waals surface area contributed by atoms with Gasteiger partial charge in [0, 0.05) is 37.2 Å². The van der Waals surface area contributed by atoms with E-state index in [0.717, 1.165) is 46.5 Å². The number of benzene rings is 2. The van der Waals surface area contributed by atoms with Crippen LogP contribution in [0, 0.1) is 0 Å². The van der Waals surface area contributed by atoms with Crippen LogP contribution in [0.2, 0.25) is 0 Å². The number of aliphatic imine (C=N–C) groups is 1. The molecule has 1 unspecified atom stereocenters. The van der Waals surface area contributed by atoms with Crippen LogP contribution in [0.1, 0.15) is 47.7 Å². The van der Waals surface area contributed by atoms with Crippen molar-refractivity contribution in [1.29, 1.82) is 0 Å². The average molecular weight is 436 g/mol. The van der Waals surface area contributed by atoms with Crippen LogP contribution in [0.5, 0.6) is 0 Å². The molecule has 0 saturated carbocycles. The lowest BCUT2D eigenvalue weighted by atomic mass is 9.98. The smallest absolute Gasteiger partial charge is 0.338 e. The van der Waals surface area contributed by atoms with Crippen molar-refractivity contribution in [3.8, 4) is 11.1 Å². The van der Waals surface area contributed by atoms with Crippen LogP contribution in [0.3, 0.4) is 0 Å². The van der Waals surface area contributed by atoms with Crippen molar-refractivity contribution in [2.45, 2.75) is 39.0 Å². The Balaban J connectivity index is 1.64. The fourth-order valence-corrected chi connectivity index (χ4v) is 4.23. The third-order valence-electron chi connectivity index (χ3n) is 5.83. The zero-order chi connectivity index (χ0) is 22.7. The minimum absolute atomic E-state index is 0.0875. The van der Waals surface area contributed by atoms with Crippen LogP contribution in [0.15, 0.2) is 47.0 Å². The van der Waals surface area contributed by atoms with Gasteiger partial charge in [0.15, 0.2) is 0 Å². The summed E-state index contributed by atoms with van der Waals surface area (Å²) < 4.78 is 5.10. The first-order valence-corrected chi connectivity index (χ1v) is 11.0. The van der Waals surface area contributed by atoms with E-state index in [1.165, 1.54) is 0 Å². The molecule has 32 heavy (non-hydrogen) atoms. The van der Waals surface area contributed by atoms with Gasteiger partial charge >= 0.3 is 5.97 Å². The van der Waals surface area contributed by atoms with Crippen LogP contribution in [-0.2, 0) is 11.3 Å². The molecule has 2 aliphatic rings. The molecule has 4 N–H and O–H groups in total. The van der Waals surface area contributed by atoms with E-state index in [0.29, 0.717) is 37.4 Å². The Kier molecular flexibility index (Phi) is 6.69. The average Bonchev–Trinajstić information content (AvgIpc) is 3.07. The van der Waals surface area contributed by atoms with Crippen molar-refractivity contribution in [3.63, 3.8) is 0 Å². The normalized spacial score (nSPS) is 16.1. The summed E-state index contributed by atoms with van der Waals surface area (Å²) in [4.78, 5) is 18.3. The zero-order valence-corrected chi connectivity index (χ0v) is 18.3. The van der Waals surface area contributed by atoms with Crippen molar-refractivity contribution in [1.82, 2.24) is 4.90 Å². The van der Waals surface area contributed by atoms with Crippen LogP contribution in [-0.4, -0.2) is 52.8 Å². The minimum Gasteiger partial charge on any atom is -0.457 e. The third kappa shape index (κ3) is 4.60. The van der Waals surface area contributed by atoms with Gasteiger partial charge in [0.2, 0.25) is 0 Å². The van der Waals surface area contributed by atoms with Gasteiger partial charge in [0.25, 0.3) is 0 Å². The fourth-order valence-electron chi connectivity index (χ4n) is 4.23. The molecule has 7 heteroatoms. The summed E-state index contributed by atoms with van der Waals surface area (Å²) in [6.07, 6.45) is 3.06. The second-order valence-corrected chi connectivity index (χ2v) is 8.21. The van der Waals surface area contributed by atoms with Gasteiger partial charge in [-0.1, -0.05) is 25.1 Å². The van der Waals surface area contributed by atoms with Gasteiger partial charge in [0.1, 0.15) is 18.7 Å². The number of nitrogens with two attached hydrogens (primary N) is 1. The molecule has 2 aromatic carbocycles. The molecule has 0 radical (unpaired) electrons. The summed E-state index contributed by atoms with van der Waals surface area (Å²) in [7, 11) is 0. The lowest BCUT2D eigenvalue weighted by molar-refractivity contribution is 0.0283. The number of hydrogen-bond donors (Lipinski definition) is 3. The Morgan fingerprint density at radius 3 is 2.75 bits per heavy atom. The molecule has 168 valence electrons. The first kappa shape index (κ1) is 22.2. The van der Waals surface area contributed by atoms with E-state index in [4.69, 9.17) is 10.5 Å². The number of hydrogen-bond acceptors (Lipinski definition) is 7.